The van der Waals surface area contributed by atoms with Gasteiger partial charge in [-0.05, 0) is 65.8 Å². The van der Waals surface area contributed by atoms with Gasteiger partial charge >= 0.3 is 0 Å². The van der Waals surface area contributed by atoms with Crippen molar-refractivity contribution in [3.63, 3.8) is 0 Å². The number of sulfone groups is 1. The van der Waals surface area contributed by atoms with Crippen molar-refractivity contribution < 1.29 is 18.6 Å². The maximum absolute atomic E-state index is 13.7. The Morgan fingerprint density at radius 1 is 1.05 bits per heavy atom. The minimum Gasteiger partial charge on any atom is -0.800 e. The van der Waals surface area contributed by atoms with E-state index in [4.69, 9.17) is 16.3 Å². The molecule has 0 spiro atoms. The van der Waals surface area contributed by atoms with Crippen molar-refractivity contribution in [1.82, 2.24) is 24.9 Å². The van der Waals surface area contributed by atoms with Crippen LogP contribution in [0.2, 0.25) is 5.02 Å². The molecule has 0 radical (unpaired) electrons. The molecule has 1 aromatic heterocycles. The van der Waals surface area contributed by atoms with Crippen LogP contribution in [0.3, 0.4) is 0 Å². The van der Waals surface area contributed by atoms with E-state index in [2.05, 4.69) is 26.3 Å². The van der Waals surface area contributed by atoms with Crippen LogP contribution in [0.4, 0.5) is 0 Å². The molecule has 41 heavy (non-hydrogen) atoms. The van der Waals surface area contributed by atoms with Crippen LogP contribution in [0.5, 0.6) is 0 Å². The lowest BCUT2D eigenvalue weighted by molar-refractivity contribution is 0.0342. The van der Waals surface area contributed by atoms with E-state index >= 15 is 0 Å². The number of benzene rings is 2. The number of carbonyl (C=O) groups excluding carboxylic acids is 1. The molecular formula is C29H36ClN5O5S-2. The lowest BCUT2D eigenvalue weighted by Crippen LogP contribution is -2.39. The Kier molecular flexibility index (Phi) is 9.65. The second-order valence-electron chi connectivity index (χ2n) is 10.7. The zero-order valence-electron chi connectivity index (χ0n) is 23.3. The Balaban J connectivity index is 1.40. The molecule has 0 aliphatic carbocycles. The highest BCUT2D eigenvalue weighted by atomic mass is 35.5. The Bertz CT molecular complexity index is 1430. The minimum atomic E-state index is -2.92. The molecule has 2 aliphatic heterocycles. The van der Waals surface area contributed by atoms with Gasteiger partial charge in [0.25, 0.3) is 5.91 Å². The largest absolute Gasteiger partial charge is 0.800 e. The number of aryl methyl sites for hydroxylation is 2. The lowest BCUT2D eigenvalue weighted by atomic mass is 10.00. The molecule has 10 nitrogen and oxygen atoms in total. The van der Waals surface area contributed by atoms with Gasteiger partial charge in [0.05, 0.1) is 24.1 Å². The monoisotopic (exact) mass is 601 g/mol. The predicted octanol–water partition coefficient (Wildman–Crippen LogP) is 2.66. The average Bonchev–Trinajstić information content (AvgIpc) is 2.95. The van der Waals surface area contributed by atoms with Crippen molar-refractivity contribution in [3.05, 3.63) is 74.0 Å². The molecular weight excluding hydrogens is 566 g/mol. The fourth-order valence-corrected chi connectivity index (χ4v) is 6.87. The van der Waals surface area contributed by atoms with Crippen LogP contribution >= 0.6 is 22.2 Å². The molecule has 3 aromatic rings. The number of aromatic nitrogens is 2. The third-order valence-corrected chi connectivity index (χ3v) is 9.59. The van der Waals surface area contributed by atoms with Gasteiger partial charge in [0.2, 0.25) is 5.43 Å². The maximum atomic E-state index is 13.7. The first-order valence-electron chi connectivity index (χ1n) is 14.0. The number of carbonyl (C=O) groups is 1. The summed E-state index contributed by atoms with van der Waals surface area (Å²) in [4.78, 5) is 31.3. The topological polar surface area (TPSA) is 126 Å². The van der Waals surface area contributed by atoms with E-state index in [0.29, 0.717) is 49.7 Å². The van der Waals surface area contributed by atoms with Gasteiger partial charge in [-0.2, -0.15) is 5.10 Å². The minimum absolute atomic E-state index is 0.141. The Morgan fingerprint density at radius 3 is 2.46 bits per heavy atom. The molecule has 5 rings (SSSR count). The number of hydrogen-bond donors (Lipinski definition) is 1. The summed E-state index contributed by atoms with van der Waals surface area (Å²) in [5.41, 5.74) is 3.05. The van der Waals surface area contributed by atoms with E-state index in [-0.39, 0.29) is 23.7 Å². The van der Waals surface area contributed by atoms with Crippen molar-refractivity contribution >= 4 is 39.0 Å². The summed E-state index contributed by atoms with van der Waals surface area (Å²) in [6.07, 6.45) is 1.52. The second kappa shape index (κ2) is 13.2. The normalized spacial score (nSPS) is 18.8. The van der Waals surface area contributed by atoms with E-state index in [1.54, 1.807) is 23.9 Å². The smallest absolute Gasteiger partial charge is 0.276 e. The molecule has 0 unspecified atom stereocenters. The van der Waals surface area contributed by atoms with Crippen molar-refractivity contribution in [2.75, 3.05) is 57.4 Å². The van der Waals surface area contributed by atoms with Gasteiger partial charge < -0.3 is 34.6 Å². The second-order valence-corrected chi connectivity index (χ2v) is 13.5. The molecule has 0 bridgehead atoms. The van der Waals surface area contributed by atoms with E-state index in [9.17, 15) is 18.7 Å². The van der Waals surface area contributed by atoms with Gasteiger partial charge in [-0.3, -0.25) is 19.2 Å². The Morgan fingerprint density at radius 2 is 1.76 bits per heavy atom. The zero-order valence-corrected chi connectivity index (χ0v) is 24.8. The van der Waals surface area contributed by atoms with Crippen molar-refractivity contribution in [2.45, 2.75) is 25.9 Å². The maximum Gasteiger partial charge on any atom is 0.276 e. The molecule has 2 fully saturated rings. The summed E-state index contributed by atoms with van der Waals surface area (Å²) < 4.78 is 30.7. The summed E-state index contributed by atoms with van der Waals surface area (Å²) in [5, 5.41) is 8.31. The number of fused-ring (bicyclic) bond motifs is 1. The highest BCUT2D eigenvalue weighted by Gasteiger charge is 2.21. The highest BCUT2D eigenvalue weighted by Crippen LogP contribution is 2.39. The summed E-state index contributed by atoms with van der Waals surface area (Å²) in [7, 11) is -1.16. The zero-order chi connectivity index (χ0) is 29.0. The van der Waals surface area contributed by atoms with Crippen molar-refractivity contribution in [2.24, 2.45) is 7.05 Å². The summed E-state index contributed by atoms with van der Waals surface area (Å²) >= 11 is 5.96. The van der Waals surface area contributed by atoms with Crippen LogP contribution in [0, 0.1) is 0 Å². The number of halogens is 1. The first kappa shape index (κ1) is 30.0. The summed E-state index contributed by atoms with van der Waals surface area (Å²) in [5.74, 6) is -0.124. The Hall–Kier alpha value is -2.51. The van der Waals surface area contributed by atoms with Crippen LogP contribution in [0.15, 0.2) is 41.2 Å². The fraction of sp³-hybridized carbons (Fsp3) is 0.483. The van der Waals surface area contributed by atoms with Gasteiger partial charge in [-0.1, -0.05) is 29.8 Å². The standard InChI is InChI=1S/C29H38ClN5O5S/c1-33-27-23(3-2-8-34-11-15-41(38,39)16-12-34)17-22(20-35-9-13-40-14-10-35)18-25(27)28(36)26(32-33)29(37)31-19-21-4-6-24(30)7-5-21/h4-7,17-18,38-39H,2-3,8-16,19-20H2,1H3,(H,31,37)/p-2. The molecule has 2 aliphatic rings. The van der Waals surface area contributed by atoms with E-state index < -0.39 is 21.9 Å². The molecule has 222 valence electrons. The molecule has 1 N–H and O–H groups in total. The third-order valence-electron chi connectivity index (χ3n) is 7.73. The van der Waals surface area contributed by atoms with Crippen LogP contribution in [0.25, 0.3) is 10.9 Å². The van der Waals surface area contributed by atoms with Gasteiger partial charge in [0.15, 0.2) is 5.69 Å². The van der Waals surface area contributed by atoms with Crippen LogP contribution in [0.1, 0.15) is 33.6 Å². The summed E-state index contributed by atoms with van der Waals surface area (Å²) in [6.45, 7) is 5.79. The molecule has 0 atom stereocenters. The Labute approximate surface area is 246 Å². The molecule has 12 heteroatoms. The van der Waals surface area contributed by atoms with E-state index in [1.165, 1.54) is 0 Å². The average molecular weight is 602 g/mol. The number of morpholine rings is 1. The number of amides is 1. The first-order chi connectivity index (χ1) is 19.7. The van der Waals surface area contributed by atoms with Gasteiger partial charge in [0.1, 0.15) is 0 Å². The number of nitrogens with one attached hydrogen (secondary N) is 1. The van der Waals surface area contributed by atoms with Crippen molar-refractivity contribution in [3.8, 4) is 0 Å². The summed E-state index contributed by atoms with van der Waals surface area (Å²) in [6, 6.07) is 11.2. The van der Waals surface area contributed by atoms with Crippen LogP contribution in [-0.4, -0.2) is 92.0 Å². The molecule has 2 aromatic carbocycles. The van der Waals surface area contributed by atoms with Gasteiger partial charge in [0, 0.05) is 51.3 Å². The van der Waals surface area contributed by atoms with Crippen LogP contribution in [-0.2, 0) is 31.3 Å². The number of rotatable bonds is 9. The number of ether oxygens (including phenoxy) is 1. The van der Waals surface area contributed by atoms with Gasteiger partial charge in [-0.15, -0.1) is 0 Å². The van der Waals surface area contributed by atoms with E-state index in [0.717, 1.165) is 48.3 Å². The quantitative estimate of drug-likeness (QED) is 0.397. The first-order valence-corrected chi connectivity index (χ1v) is 16.2. The fourth-order valence-electron chi connectivity index (χ4n) is 5.47. The number of hydrogen-bond acceptors (Lipinski definition) is 8. The molecule has 1 amide bonds. The molecule has 3 heterocycles. The van der Waals surface area contributed by atoms with E-state index in [1.807, 2.05) is 18.2 Å². The van der Waals surface area contributed by atoms with Crippen molar-refractivity contribution in [1.29, 1.82) is 0 Å². The highest BCUT2D eigenvalue weighted by molar-refractivity contribution is 8.24. The van der Waals surface area contributed by atoms with Gasteiger partial charge in [-0.25, -0.2) is 0 Å². The molecule has 0 saturated carbocycles. The van der Waals surface area contributed by atoms with Crippen LogP contribution < -0.4 is 10.7 Å². The molecule has 2 saturated heterocycles. The SMILES string of the molecule is Cn1nc(C(=O)NCc2ccc(Cl)cc2)c(=O)c2cc(CN3CCOCC3)cc(CCCN3CCS([O-])([O-])CC3)c21. The third kappa shape index (κ3) is 7.66. The number of nitrogens with zero attached hydrogens (tertiary/aromatic N) is 4. The lowest BCUT2D eigenvalue weighted by Gasteiger charge is -2.63. The predicted molar refractivity (Wildman–Crippen MR) is 159 cm³/mol.